The molecule has 2 heterocycles. The van der Waals surface area contributed by atoms with Gasteiger partial charge >= 0.3 is 0 Å². The summed E-state index contributed by atoms with van der Waals surface area (Å²) in [5, 5.41) is 8.40. The van der Waals surface area contributed by atoms with Gasteiger partial charge in [0.25, 0.3) is 5.91 Å². The number of aryl methyl sites for hydroxylation is 2. The van der Waals surface area contributed by atoms with Crippen molar-refractivity contribution in [3.05, 3.63) is 40.7 Å². The third kappa shape index (κ3) is 4.62. The number of halogens is 1. The maximum absolute atomic E-state index is 12.8. The molecule has 3 rings (SSSR count). The summed E-state index contributed by atoms with van der Waals surface area (Å²) in [6, 6.07) is 5.05. The Kier molecular flexibility index (Phi) is 6.27. The van der Waals surface area contributed by atoms with Crippen molar-refractivity contribution in [3.63, 3.8) is 0 Å². The van der Waals surface area contributed by atoms with E-state index in [2.05, 4.69) is 29.2 Å². The Balaban J connectivity index is 1.81. The predicted octanol–water partition coefficient (Wildman–Crippen LogP) is 4.62. The average Bonchev–Trinajstić information content (AvgIpc) is 2.95. The van der Waals surface area contributed by atoms with Gasteiger partial charge in [0.05, 0.1) is 36.3 Å². The second-order valence-electron chi connectivity index (χ2n) is 7.28. The van der Waals surface area contributed by atoms with Crippen LogP contribution in [0.1, 0.15) is 36.3 Å². The summed E-state index contributed by atoms with van der Waals surface area (Å²) in [6.45, 7) is 6.66. The number of ether oxygens (including phenoxy) is 2. The number of nitrogens with zero attached hydrogens (tertiary/aromatic N) is 3. The van der Waals surface area contributed by atoms with Gasteiger partial charge in [0.2, 0.25) is 0 Å². The quantitative estimate of drug-likeness (QED) is 0.608. The van der Waals surface area contributed by atoms with E-state index in [0.717, 1.165) is 23.1 Å². The molecule has 0 unspecified atom stereocenters. The highest BCUT2D eigenvalue weighted by atomic mass is 35.5. The second kappa shape index (κ2) is 8.69. The number of amides is 1. The molecule has 7 nitrogen and oxygen atoms in total. The lowest BCUT2D eigenvalue weighted by molar-refractivity contribution is 0.102. The van der Waals surface area contributed by atoms with Crippen molar-refractivity contribution >= 4 is 34.2 Å². The van der Waals surface area contributed by atoms with Gasteiger partial charge in [-0.1, -0.05) is 25.4 Å². The molecule has 8 heteroatoms. The number of carbonyl (C=O) groups excluding carboxylic acids is 1. The van der Waals surface area contributed by atoms with Gasteiger partial charge in [-0.05, 0) is 37.5 Å². The summed E-state index contributed by atoms with van der Waals surface area (Å²) in [4.78, 5) is 17.1. The van der Waals surface area contributed by atoms with E-state index in [0.29, 0.717) is 40.3 Å². The highest BCUT2D eigenvalue weighted by Crippen LogP contribution is 2.37. The fourth-order valence-electron chi connectivity index (χ4n) is 2.97. The first-order chi connectivity index (χ1) is 13.8. The van der Waals surface area contributed by atoms with Crippen molar-refractivity contribution in [1.29, 1.82) is 0 Å². The maximum atomic E-state index is 12.8. The zero-order valence-corrected chi connectivity index (χ0v) is 18.0. The SMILES string of the molecule is COc1cc(C(=O)Nc2cnc3c(c2)c(C)nn3C)cc(Cl)c1OCCC(C)C. The van der Waals surface area contributed by atoms with Crippen LogP contribution in [0, 0.1) is 12.8 Å². The zero-order valence-electron chi connectivity index (χ0n) is 17.2. The number of nitrogens with one attached hydrogen (secondary N) is 1. The van der Waals surface area contributed by atoms with E-state index < -0.39 is 0 Å². The Morgan fingerprint density at radius 1 is 1.31 bits per heavy atom. The summed E-state index contributed by atoms with van der Waals surface area (Å²) in [5.74, 6) is 1.06. The molecule has 0 fully saturated rings. The molecule has 0 radical (unpaired) electrons. The van der Waals surface area contributed by atoms with Gasteiger partial charge in [0, 0.05) is 18.0 Å². The van der Waals surface area contributed by atoms with Crippen molar-refractivity contribution in [1.82, 2.24) is 14.8 Å². The third-order valence-corrected chi connectivity index (χ3v) is 4.83. The number of fused-ring (bicyclic) bond motifs is 1. The molecule has 0 aliphatic carbocycles. The lowest BCUT2D eigenvalue weighted by atomic mass is 10.1. The summed E-state index contributed by atoms with van der Waals surface area (Å²) < 4.78 is 12.9. The Morgan fingerprint density at radius 3 is 2.76 bits per heavy atom. The number of benzene rings is 1. The van der Waals surface area contributed by atoms with Crippen molar-refractivity contribution in [2.75, 3.05) is 19.0 Å². The topological polar surface area (TPSA) is 78.3 Å². The first kappa shape index (κ1) is 20.9. The lowest BCUT2D eigenvalue weighted by Crippen LogP contribution is -2.13. The molecule has 3 aromatic rings. The van der Waals surface area contributed by atoms with Crippen LogP contribution in [0.4, 0.5) is 5.69 Å². The lowest BCUT2D eigenvalue weighted by Gasteiger charge is -2.15. The Labute approximate surface area is 175 Å². The molecule has 0 aliphatic rings. The van der Waals surface area contributed by atoms with Crippen LogP contribution >= 0.6 is 11.6 Å². The van der Waals surface area contributed by atoms with Crippen molar-refractivity contribution in [2.45, 2.75) is 27.2 Å². The predicted molar refractivity (Wildman–Crippen MR) is 114 cm³/mol. The van der Waals surface area contributed by atoms with E-state index in [1.807, 2.05) is 20.0 Å². The third-order valence-electron chi connectivity index (χ3n) is 4.55. The van der Waals surface area contributed by atoms with E-state index in [-0.39, 0.29) is 5.91 Å². The normalized spacial score (nSPS) is 11.1. The molecule has 0 aliphatic heterocycles. The second-order valence-corrected chi connectivity index (χ2v) is 7.69. The number of rotatable bonds is 7. The van der Waals surface area contributed by atoms with Crippen LogP contribution in [0.5, 0.6) is 11.5 Å². The molecule has 0 saturated heterocycles. The van der Waals surface area contributed by atoms with Crippen molar-refractivity contribution < 1.29 is 14.3 Å². The first-order valence-electron chi connectivity index (χ1n) is 9.41. The van der Waals surface area contributed by atoms with Crippen LogP contribution in [-0.2, 0) is 7.05 Å². The molecule has 1 N–H and O–H groups in total. The number of aromatic nitrogens is 3. The smallest absolute Gasteiger partial charge is 0.255 e. The number of methoxy groups -OCH3 is 1. The minimum Gasteiger partial charge on any atom is -0.493 e. The Morgan fingerprint density at radius 2 is 2.07 bits per heavy atom. The largest absolute Gasteiger partial charge is 0.493 e. The molecule has 2 aromatic heterocycles. The highest BCUT2D eigenvalue weighted by molar-refractivity contribution is 6.32. The summed E-state index contributed by atoms with van der Waals surface area (Å²) in [7, 11) is 3.35. The molecule has 1 amide bonds. The van der Waals surface area contributed by atoms with E-state index in [9.17, 15) is 4.79 Å². The van der Waals surface area contributed by atoms with Crippen LogP contribution < -0.4 is 14.8 Å². The first-order valence-corrected chi connectivity index (χ1v) is 9.79. The van der Waals surface area contributed by atoms with Crippen LogP contribution in [0.3, 0.4) is 0 Å². The van der Waals surface area contributed by atoms with Gasteiger partial charge in [-0.15, -0.1) is 0 Å². The molecule has 0 spiro atoms. The van der Waals surface area contributed by atoms with Crippen LogP contribution in [0.25, 0.3) is 11.0 Å². The maximum Gasteiger partial charge on any atom is 0.255 e. The molecule has 154 valence electrons. The minimum absolute atomic E-state index is 0.318. The van der Waals surface area contributed by atoms with Gasteiger partial charge in [-0.3, -0.25) is 9.48 Å². The standard InChI is InChI=1S/C21H25ClN4O3/c1-12(2)6-7-29-19-17(22)8-14(9-18(19)28-5)21(27)24-15-10-16-13(3)25-26(4)20(16)23-11-15/h8-12H,6-7H2,1-5H3,(H,24,27). The Hall–Kier alpha value is -2.80. The molecular weight excluding hydrogens is 392 g/mol. The van der Waals surface area contributed by atoms with E-state index in [1.54, 1.807) is 23.0 Å². The van der Waals surface area contributed by atoms with Crippen LogP contribution in [0.15, 0.2) is 24.4 Å². The van der Waals surface area contributed by atoms with Crippen LogP contribution in [-0.4, -0.2) is 34.4 Å². The molecule has 29 heavy (non-hydrogen) atoms. The van der Waals surface area contributed by atoms with E-state index in [4.69, 9.17) is 21.1 Å². The molecule has 0 atom stereocenters. The average molecular weight is 417 g/mol. The molecule has 1 aromatic carbocycles. The number of hydrogen-bond donors (Lipinski definition) is 1. The number of hydrogen-bond acceptors (Lipinski definition) is 5. The van der Waals surface area contributed by atoms with Crippen molar-refractivity contribution in [2.24, 2.45) is 13.0 Å². The Bertz CT molecular complexity index is 1050. The summed E-state index contributed by atoms with van der Waals surface area (Å²) >= 11 is 6.37. The molecule has 0 saturated carbocycles. The van der Waals surface area contributed by atoms with E-state index in [1.165, 1.54) is 7.11 Å². The number of anilines is 1. The highest BCUT2D eigenvalue weighted by Gasteiger charge is 2.17. The molecular formula is C21H25ClN4O3. The van der Waals surface area contributed by atoms with Gasteiger partial charge < -0.3 is 14.8 Å². The fraction of sp³-hybridized carbons (Fsp3) is 0.381. The van der Waals surface area contributed by atoms with Gasteiger partial charge in [0.15, 0.2) is 17.1 Å². The van der Waals surface area contributed by atoms with Crippen molar-refractivity contribution in [3.8, 4) is 11.5 Å². The van der Waals surface area contributed by atoms with Crippen LogP contribution in [0.2, 0.25) is 5.02 Å². The van der Waals surface area contributed by atoms with Gasteiger partial charge in [0.1, 0.15) is 0 Å². The zero-order chi connectivity index (χ0) is 21.1. The summed E-state index contributed by atoms with van der Waals surface area (Å²) in [6.07, 6.45) is 2.49. The summed E-state index contributed by atoms with van der Waals surface area (Å²) in [5.41, 5.74) is 2.55. The van der Waals surface area contributed by atoms with E-state index >= 15 is 0 Å². The van der Waals surface area contributed by atoms with Gasteiger partial charge in [-0.25, -0.2) is 4.98 Å². The monoisotopic (exact) mass is 416 g/mol. The fourth-order valence-corrected chi connectivity index (χ4v) is 3.23. The van der Waals surface area contributed by atoms with Gasteiger partial charge in [-0.2, -0.15) is 5.10 Å². The minimum atomic E-state index is -0.318. The number of pyridine rings is 1. The molecule has 0 bridgehead atoms. The number of carbonyl (C=O) groups is 1.